The summed E-state index contributed by atoms with van der Waals surface area (Å²) in [5.74, 6) is -0.329. The van der Waals surface area contributed by atoms with E-state index in [0.717, 1.165) is 0 Å². The fraction of sp³-hybridized carbons (Fsp3) is 0.455. The molecule has 0 spiro atoms. The quantitative estimate of drug-likeness (QED) is 0.773. The van der Waals surface area contributed by atoms with Gasteiger partial charge in [0, 0.05) is 0 Å². The van der Waals surface area contributed by atoms with Crippen LogP contribution >= 0.6 is 0 Å². The maximum absolute atomic E-state index is 10.9. The minimum Gasteiger partial charge on any atom is -0.480 e. The van der Waals surface area contributed by atoms with Gasteiger partial charge < -0.3 is 9.52 Å². The van der Waals surface area contributed by atoms with Crippen molar-refractivity contribution in [2.75, 3.05) is 0 Å². The molecule has 0 bridgehead atoms. The summed E-state index contributed by atoms with van der Waals surface area (Å²) in [6.45, 7) is 5.41. The summed E-state index contributed by atoms with van der Waals surface area (Å²) in [5, 5.41) is 8.95. The minimum atomic E-state index is -0.907. The van der Waals surface area contributed by atoms with Crippen molar-refractivity contribution in [2.45, 2.75) is 26.8 Å². The Kier molecular flexibility index (Phi) is 3.66. The van der Waals surface area contributed by atoms with Crippen molar-refractivity contribution >= 4 is 11.7 Å². The van der Waals surface area contributed by atoms with Crippen LogP contribution in [0, 0.1) is 5.92 Å². The summed E-state index contributed by atoms with van der Waals surface area (Å²) in [4.78, 5) is 15.0. The van der Waals surface area contributed by atoms with Crippen LogP contribution in [0.15, 0.2) is 27.8 Å². The van der Waals surface area contributed by atoms with E-state index in [9.17, 15) is 4.79 Å². The monoisotopic (exact) mass is 209 g/mol. The van der Waals surface area contributed by atoms with Crippen LogP contribution in [-0.4, -0.2) is 22.8 Å². The molecule has 1 heterocycles. The van der Waals surface area contributed by atoms with Crippen molar-refractivity contribution in [3.63, 3.8) is 0 Å². The van der Waals surface area contributed by atoms with Crippen molar-refractivity contribution in [1.29, 1.82) is 0 Å². The SMILES string of the molecule is CC(=NC(C(=O)O)C(C)C)c1ccco1. The number of aliphatic carboxylic acids is 1. The number of aliphatic imine (C=N–C) groups is 1. The van der Waals surface area contributed by atoms with Gasteiger partial charge in [-0.3, -0.25) is 4.99 Å². The molecular weight excluding hydrogens is 194 g/mol. The third-order valence-corrected chi connectivity index (χ3v) is 2.09. The Morgan fingerprint density at radius 2 is 2.20 bits per heavy atom. The Hall–Kier alpha value is -1.58. The van der Waals surface area contributed by atoms with E-state index < -0.39 is 12.0 Å². The van der Waals surface area contributed by atoms with Gasteiger partial charge in [-0.2, -0.15) is 0 Å². The van der Waals surface area contributed by atoms with Crippen molar-refractivity contribution in [2.24, 2.45) is 10.9 Å². The maximum Gasteiger partial charge on any atom is 0.328 e. The second-order valence-corrected chi connectivity index (χ2v) is 3.72. The number of carboxylic acid groups (broad SMARTS) is 1. The highest BCUT2D eigenvalue weighted by molar-refractivity contribution is 5.97. The lowest BCUT2D eigenvalue weighted by Gasteiger charge is -2.11. The first-order valence-electron chi connectivity index (χ1n) is 4.83. The zero-order chi connectivity index (χ0) is 11.4. The summed E-state index contributed by atoms with van der Waals surface area (Å²) < 4.78 is 5.13. The molecule has 0 aromatic carbocycles. The second-order valence-electron chi connectivity index (χ2n) is 3.72. The number of carboxylic acids is 1. The van der Waals surface area contributed by atoms with Gasteiger partial charge in [-0.15, -0.1) is 0 Å². The van der Waals surface area contributed by atoms with Gasteiger partial charge in [0.1, 0.15) is 11.8 Å². The highest BCUT2D eigenvalue weighted by Gasteiger charge is 2.20. The van der Waals surface area contributed by atoms with E-state index in [-0.39, 0.29) is 5.92 Å². The molecule has 1 unspecified atom stereocenters. The average molecular weight is 209 g/mol. The van der Waals surface area contributed by atoms with E-state index in [1.54, 1.807) is 25.3 Å². The standard InChI is InChI=1S/C11H15NO3/c1-7(2)10(11(13)14)12-8(3)9-5-4-6-15-9/h4-7,10H,1-3H3,(H,13,14). The maximum atomic E-state index is 10.9. The first kappa shape index (κ1) is 11.5. The van der Waals surface area contributed by atoms with Gasteiger partial charge in [0.2, 0.25) is 0 Å². The minimum absolute atomic E-state index is 0.0348. The molecule has 0 saturated carbocycles. The molecule has 0 aliphatic heterocycles. The van der Waals surface area contributed by atoms with Crippen LogP contribution in [0.5, 0.6) is 0 Å². The predicted octanol–water partition coefficient (Wildman–Crippen LogP) is 2.20. The molecule has 1 aromatic rings. The summed E-state index contributed by atoms with van der Waals surface area (Å²) >= 11 is 0. The fourth-order valence-corrected chi connectivity index (χ4v) is 1.25. The Labute approximate surface area is 88.6 Å². The van der Waals surface area contributed by atoms with Crippen LogP contribution in [0.25, 0.3) is 0 Å². The third kappa shape index (κ3) is 2.94. The molecule has 0 radical (unpaired) electrons. The zero-order valence-corrected chi connectivity index (χ0v) is 9.10. The smallest absolute Gasteiger partial charge is 0.328 e. The van der Waals surface area contributed by atoms with Crippen LogP contribution < -0.4 is 0 Å². The summed E-state index contributed by atoms with van der Waals surface area (Å²) in [6.07, 6.45) is 1.54. The van der Waals surface area contributed by atoms with Gasteiger partial charge in [0.25, 0.3) is 0 Å². The van der Waals surface area contributed by atoms with E-state index in [1.807, 2.05) is 13.8 Å². The number of nitrogens with zero attached hydrogens (tertiary/aromatic N) is 1. The van der Waals surface area contributed by atoms with Gasteiger partial charge in [0.05, 0.1) is 12.0 Å². The van der Waals surface area contributed by atoms with E-state index in [2.05, 4.69) is 4.99 Å². The molecule has 0 fully saturated rings. The second kappa shape index (κ2) is 4.77. The first-order chi connectivity index (χ1) is 7.02. The highest BCUT2D eigenvalue weighted by atomic mass is 16.4. The normalized spacial score (nSPS) is 14.3. The Morgan fingerprint density at radius 1 is 1.53 bits per heavy atom. The molecule has 1 N–H and O–H groups in total. The van der Waals surface area contributed by atoms with Crippen LogP contribution in [-0.2, 0) is 4.79 Å². The Bertz CT molecular complexity index is 352. The topological polar surface area (TPSA) is 62.8 Å². The fourth-order valence-electron chi connectivity index (χ4n) is 1.25. The number of rotatable bonds is 4. The van der Waals surface area contributed by atoms with Crippen LogP contribution in [0.1, 0.15) is 26.5 Å². The molecule has 0 saturated heterocycles. The van der Waals surface area contributed by atoms with Gasteiger partial charge in [-0.25, -0.2) is 4.79 Å². The van der Waals surface area contributed by atoms with Gasteiger partial charge in [0.15, 0.2) is 0 Å². The van der Waals surface area contributed by atoms with Crippen molar-refractivity contribution in [3.8, 4) is 0 Å². The third-order valence-electron chi connectivity index (χ3n) is 2.09. The summed E-state index contributed by atoms with van der Waals surface area (Å²) in [5.41, 5.74) is 0.612. The van der Waals surface area contributed by atoms with Crippen LogP contribution in [0.2, 0.25) is 0 Å². The molecular formula is C11H15NO3. The zero-order valence-electron chi connectivity index (χ0n) is 9.10. The van der Waals surface area contributed by atoms with E-state index in [1.165, 1.54) is 0 Å². The number of carbonyl (C=O) groups is 1. The van der Waals surface area contributed by atoms with Crippen LogP contribution in [0.4, 0.5) is 0 Å². The van der Waals surface area contributed by atoms with Gasteiger partial charge in [-0.1, -0.05) is 13.8 Å². The molecule has 4 heteroatoms. The lowest BCUT2D eigenvalue weighted by Crippen LogP contribution is -2.25. The molecule has 0 aliphatic rings. The molecule has 15 heavy (non-hydrogen) atoms. The van der Waals surface area contributed by atoms with E-state index in [0.29, 0.717) is 11.5 Å². The molecule has 1 aromatic heterocycles. The summed E-state index contributed by atoms with van der Waals surface area (Å²) in [7, 11) is 0. The molecule has 0 amide bonds. The predicted molar refractivity (Wildman–Crippen MR) is 57.2 cm³/mol. The number of furan rings is 1. The van der Waals surface area contributed by atoms with Crippen molar-refractivity contribution < 1.29 is 14.3 Å². The lowest BCUT2D eigenvalue weighted by molar-refractivity contribution is -0.139. The summed E-state index contributed by atoms with van der Waals surface area (Å²) in [6, 6.07) is 2.80. The number of hydrogen-bond donors (Lipinski definition) is 1. The highest BCUT2D eigenvalue weighted by Crippen LogP contribution is 2.10. The largest absolute Gasteiger partial charge is 0.480 e. The Morgan fingerprint density at radius 3 is 2.60 bits per heavy atom. The average Bonchev–Trinajstić information content (AvgIpc) is 2.65. The van der Waals surface area contributed by atoms with Crippen LogP contribution in [0.3, 0.4) is 0 Å². The number of hydrogen-bond acceptors (Lipinski definition) is 3. The molecule has 1 atom stereocenters. The molecule has 0 aliphatic carbocycles. The van der Waals surface area contributed by atoms with Gasteiger partial charge >= 0.3 is 5.97 Å². The first-order valence-corrected chi connectivity index (χ1v) is 4.83. The lowest BCUT2D eigenvalue weighted by atomic mass is 10.1. The van der Waals surface area contributed by atoms with E-state index in [4.69, 9.17) is 9.52 Å². The van der Waals surface area contributed by atoms with Crippen molar-refractivity contribution in [1.82, 2.24) is 0 Å². The van der Waals surface area contributed by atoms with E-state index >= 15 is 0 Å². The van der Waals surface area contributed by atoms with Crippen molar-refractivity contribution in [3.05, 3.63) is 24.2 Å². The molecule has 4 nitrogen and oxygen atoms in total. The molecule has 1 rings (SSSR count). The Balaban J connectivity index is 2.89. The molecule has 82 valence electrons. The van der Waals surface area contributed by atoms with Gasteiger partial charge in [-0.05, 0) is 25.0 Å².